The lowest BCUT2D eigenvalue weighted by Gasteiger charge is -2.35. The van der Waals surface area contributed by atoms with Gasteiger partial charge in [0.15, 0.2) is 0 Å². The smallest absolute Gasteiger partial charge is 0.217 e. The summed E-state index contributed by atoms with van der Waals surface area (Å²) in [6.45, 7) is 8.06. The molecule has 0 bridgehead atoms. The molecule has 6 nitrogen and oxygen atoms in total. The lowest BCUT2D eigenvalue weighted by Crippen LogP contribution is -2.46. The van der Waals surface area contributed by atoms with Crippen LogP contribution >= 0.6 is 11.5 Å². The molecule has 1 fully saturated rings. The van der Waals surface area contributed by atoms with Crippen molar-refractivity contribution in [2.24, 2.45) is 0 Å². The fourth-order valence-corrected chi connectivity index (χ4v) is 5.40. The number of unbranched alkanes of at least 4 members (excludes halogenated alkanes) is 1. The first-order valence-electron chi connectivity index (χ1n) is 11.9. The van der Waals surface area contributed by atoms with Gasteiger partial charge in [0.2, 0.25) is 6.29 Å². The van der Waals surface area contributed by atoms with E-state index in [9.17, 15) is 5.11 Å². The summed E-state index contributed by atoms with van der Waals surface area (Å²) in [5.41, 5.74) is 2.15. The van der Waals surface area contributed by atoms with Crippen LogP contribution in [0.5, 0.6) is 11.5 Å². The number of hydrogen-bond donors (Lipinski definition) is 1. The summed E-state index contributed by atoms with van der Waals surface area (Å²) in [4.78, 5) is 4.96. The number of aliphatic hydroxyl groups is 1. The van der Waals surface area contributed by atoms with E-state index in [0.717, 1.165) is 74.7 Å². The van der Waals surface area contributed by atoms with Crippen molar-refractivity contribution < 1.29 is 14.6 Å². The normalized spacial score (nSPS) is 18.7. The van der Waals surface area contributed by atoms with Crippen LogP contribution in [-0.4, -0.2) is 60.0 Å². The third-order valence-electron chi connectivity index (χ3n) is 6.44. The Morgan fingerprint density at radius 3 is 2.82 bits per heavy atom. The molecular formula is C26H31N3O3S. The fraction of sp³-hybridized carbons (Fsp3) is 0.423. The van der Waals surface area contributed by atoms with Crippen molar-refractivity contribution in [2.45, 2.75) is 32.5 Å². The maximum Gasteiger partial charge on any atom is 0.217 e. The van der Waals surface area contributed by atoms with E-state index in [4.69, 9.17) is 13.8 Å². The predicted molar refractivity (Wildman–Crippen MR) is 134 cm³/mol. The molecule has 5 rings (SSSR count). The predicted octanol–water partition coefficient (Wildman–Crippen LogP) is 4.78. The van der Waals surface area contributed by atoms with E-state index >= 15 is 0 Å². The third-order valence-corrected chi connectivity index (χ3v) is 7.26. The molecule has 0 spiro atoms. The molecular weight excluding hydrogens is 434 g/mol. The minimum Gasteiger partial charge on any atom is -0.493 e. The number of hydrogen-bond acceptors (Lipinski definition) is 7. The zero-order valence-corrected chi connectivity index (χ0v) is 19.9. The summed E-state index contributed by atoms with van der Waals surface area (Å²) >= 11 is 1.59. The highest BCUT2D eigenvalue weighted by molar-refractivity contribution is 7.13. The molecule has 0 amide bonds. The zero-order valence-electron chi connectivity index (χ0n) is 19.1. The molecule has 0 radical (unpaired) electrons. The van der Waals surface area contributed by atoms with Gasteiger partial charge in [-0.25, -0.2) is 0 Å². The molecule has 1 aromatic heterocycles. The average molecular weight is 466 g/mol. The fourth-order valence-electron chi connectivity index (χ4n) is 4.60. The van der Waals surface area contributed by atoms with Gasteiger partial charge in [0, 0.05) is 43.2 Å². The molecule has 1 atom stereocenters. The van der Waals surface area contributed by atoms with E-state index in [1.54, 1.807) is 17.6 Å². The Hall–Kier alpha value is -2.61. The minimum atomic E-state index is -0.877. The number of benzene rings is 2. The average Bonchev–Trinajstić information content (AvgIpc) is 3.27. The van der Waals surface area contributed by atoms with E-state index in [2.05, 4.69) is 41.0 Å². The van der Waals surface area contributed by atoms with Crippen LogP contribution in [0.15, 0.2) is 48.5 Å². The van der Waals surface area contributed by atoms with Gasteiger partial charge < -0.3 is 19.5 Å². The van der Waals surface area contributed by atoms with Crippen molar-refractivity contribution >= 4 is 33.0 Å². The van der Waals surface area contributed by atoms with Crippen molar-refractivity contribution in [1.82, 2.24) is 9.27 Å². The van der Waals surface area contributed by atoms with Crippen molar-refractivity contribution in [2.75, 3.05) is 44.2 Å². The number of allylic oxidation sites excluding steroid dienone is 1. The van der Waals surface area contributed by atoms with Crippen LogP contribution in [-0.2, 0) is 0 Å². The highest BCUT2D eigenvalue weighted by atomic mass is 32.1. The van der Waals surface area contributed by atoms with Gasteiger partial charge in [-0.05, 0) is 73.3 Å². The number of aromatic nitrogens is 1. The van der Waals surface area contributed by atoms with E-state index < -0.39 is 6.29 Å². The number of fused-ring (bicyclic) bond motifs is 2. The Bertz CT molecular complexity index is 1120. The van der Waals surface area contributed by atoms with Crippen molar-refractivity contribution in [3.05, 3.63) is 54.1 Å². The van der Waals surface area contributed by atoms with Gasteiger partial charge >= 0.3 is 0 Å². The number of rotatable bonds is 8. The second kappa shape index (κ2) is 10.1. The molecule has 0 aliphatic carbocycles. The number of piperazine rings is 1. The molecule has 2 aromatic carbocycles. The number of anilines is 1. The molecule has 1 N–H and O–H groups in total. The molecule has 3 heterocycles. The molecule has 33 heavy (non-hydrogen) atoms. The van der Waals surface area contributed by atoms with Crippen LogP contribution in [0.4, 0.5) is 5.82 Å². The molecule has 0 unspecified atom stereocenters. The van der Waals surface area contributed by atoms with Crippen LogP contribution < -0.4 is 14.4 Å². The van der Waals surface area contributed by atoms with Crippen LogP contribution in [0, 0.1) is 0 Å². The zero-order chi connectivity index (χ0) is 22.6. The summed E-state index contributed by atoms with van der Waals surface area (Å²) in [6.07, 6.45) is 3.88. The highest BCUT2D eigenvalue weighted by Gasteiger charge is 2.21. The largest absolute Gasteiger partial charge is 0.493 e. The number of aliphatic hydroxyl groups excluding tert-OH is 1. The second-order valence-corrected chi connectivity index (χ2v) is 9.40. The van der Waals surface area contributed by atoms with Gasteiger partial charge in [-0.1, -0.05) is 19.1 Å². The van der Waals surface area contributed by atoms with Gasteiger partial charge in [0.25, 0.3) is 0 Å². The maximum atomic E-state index is 9.88. The molecule has 1 saturated heterocycles. The Kier molecular flexibility index (Phi) is 6.80. The summed E-state index contributed by atoms with van der Waals surface area (Å²) in [5, 5.41) is 11.2. The summed E-state index contributed by atoms with van der Waals surface area (Å²) in [6, 6.07) is 14.4. The van der Waals surface area contributed by atoms with E-state index in [0.29, 0.717) is 12.4 Å². The number of ether oxygens (including phenoxy) is 2. The standard InChI is InChI=1S/C26H31N3O3S/c1-2-19-17-25(30)32-23-18-20(9-10-21(19)23)31-16-6-5-11-28-12-14-29(15-13-28)26-22-7-3-4-8-24(22)33-27-26/h3-4,7-10,17-18,25,30H,2,5-6,11-16H2,1H3/t25-/m1/s1. The molecule has 2 aliphatic heterocycles. The summed E-state index contributed by atoms with van der Waals surface area (Å²) < 4.78 is 17.5. The Morgan fingerprint density at radius 1 is 1.12 bits per heavy atom. The van der Waals surface area contributed by atoms with E-state index in [1.807, 2.05) is 18.2 Å². The van der Waals surface area contributed by atoms with E-state index in [1.165, 1.54) is 10.1 Å². The first kappa shape index (κ1) is 22.2. The van der Waals surface area contributed by atoms with E-state index in [-0.39, 0.29) is 0 Å². The summed E-state index contributed by atoms with van der Waals surface area (Å²) in [5.74, 6) is 2.64. The molecule has 2 aliphatic rings. The van der Waals surface area contributed by atoms with Crippen LogP contribution in [0.2, 0.25) is 0 Å². The van der Waals surface area contributed by atoms with Gasteiger partial charge in [-0.2, -0.15) is 4.37 Å². The minimum absolute atomic E-state index is 0.683. The van der Waals surface area contributed by atoms with Crippen molar-refractivity contribution in [3.8, 4) is 11.5 Å². The van der Waals surface area contributed by atoms with Crippen LogP contribution in [0.25, 0.3) is 15.7 Å². The third kappa shape index (κ3) is 5.00. The quantitative estimate of drug-likeness (QED) is 0.483. The number of nitrogens with zero attached hydrogens (tertiary/aromatic N) is 3. The Balaban J connectivity index is 1.04. The molecule has 3 aromatic rings. The van der Waals surface area contributed by atoms with Gasteiger partial charge in [-0.15, -0.1) is 0 Å². The topological polar surface area (TPSA) is 58.1 Å². The monoisotopic (exact) mass is 465 g/mol. The Morgan fingerprint density at radius 2 is 1.97 bits per heavy atom. The first-order valence-corrected chi connectivity index (χ1v) is 12.6. The Labute approximate surface area is 199 Å². The molecule has 0 saturated carbocycles. The molecule has 7 heteroatoms. The van der Waals surface area contributed by atoms with Gasteiger partial charge in [0.1, 0.15) is 17.3 Å². The summed E-state index contributed by atoms with van der Waals surface area (Å²) in [7, 11) is 0. The van der Waals surface area contributed by atoms with Crippen LogP contribution in [0.1, 0.15) is 31.7 Å². The van der Waals surface area contributed by atoms with Gasteiger partial charge in [-0.3, -0.25) is 4.90 Å². The second-order valence-electron chi connectivity index (χ2n) is 8.60. The first-order chi connectivity index (χ1) is 16.2. The SMILES string of the molecule is CCC1=C[C@H](O)Oc2cc(OCCCCN3CCN(c4nsc5ccccc45)CC3)ccc21. The maximum absolute atomic E-state index is 9.88. The van der Waals surface area contributed by atoms with Crippen LogP contribution in [0.3, 0.4) is 0 Å². The van der Waals surface area contributed by atoms with Crippen molar-refractivity contribution in [3.63, 3.8) is 0 Å². The molecule has 174 valence electrons. The van der Waals surface area contributed by atoms with Gasteiger partial charge in [0.05, 0.1) is 11.3 Å². The van der Waals surface area contributed by atoms with Crippen molar-refractivity contribution in [1.29, 1.82) is 0 Å². The lowest BCUT2D eigenvalue weighted by molar-refractivity contribution is 0.0222. The lowest BCUT2D eigenvalue weighted by atomic mass is 10.00. The highest BCUT2D eigenvalue weighted by Crippen LogP contribution is 2.36.